The van der Waals surface area contributed by atoms with Crippen LogP contribution in [0.1, 0.15) is 12.6 Å². The molecule has 5 nitrogen and oxygen atoms in total. The van der Waals surface area contributed by atoms with Gasteiger partial charge in [0.2, 0.25) is 5.69 Å². The third-order valence-electron chi connectivity index (χ3n) is 1.70. The van der Waals surface area contributed by atoms with Crippen molar-refractivity contribution in [2.24, 2.45) is 0 Å². The molecule has 14 heavy (non-hydrogen) atoms. The highest BCUT2D eigenvalue weighted by molar-refractivity contribution is 9.10. The quantitative estimate of drug-likeness (QED) is 0.268. The van der Waals surface area contributed by atoms with Crippen LogP contribution in [-0.2, 0) is 6.42 Å². The van der Waals surface area contributed by atoms with Gasteiger partial charge in [-0.3, -0.25) is 10.1 Å². The van der Waals surface area contributed by atoms with Crippen molar-refractivity contribution in [1.82, 2.24) is 0 Å². The summed E-state index contributed by atoms with van der Waals surface area (Å²) < 4.78 is 13.5. The maximum atomic E-state index is 13.3. The zero-order chi connectivity index (χ0) is 10.9. The van der Waals surface area contributed by atoms with Crippen LogP contribution in [0.5, 0.6) is 0 Å². The third-order valence-corrected chi connectivity index (χ3v) is 2.26. The molecule has 0 aliphatic rings. The van der Waals surface area contributed by atoms with Crippen LogP contribution in [0.4, 0.5) is 10.1 Å². The van der Waals surface area contributed by atoms with E-state index in [1.165, 1.54) is 0 Å². The van der Waals surface area contributed by atoms with Gasteiger partial charge in [-0.15, -0.1) is 0 Å². The van der Waals surface area contributed by atoms with Crippen LogP contribution < -0.4 is 4.73 Å². The molecule has 0 saturated carbocycles. The highest BCUT2D eigenvalue weighted by Gasteiger charge is 2.26. The SMILES string of the molecule is CCc1c(F)c([N+](=O)[O-])cc(Br)[n+]1[O-]. The van der Waals surface area contributed by atoms with E-state index in [1.807, 2.05) is 0 Å². The molecule has 0 aliphatic heterocycles. The fourth-order valence-corrected chi connectivity index (χ4v) is 1.46. The normalized spacial score (nSPS) is 10.2. The number of nitrogens with zero attached hydrogens (tertiary/aromatic N) is 2. The first-order valence-corrected chi connectivity index (χ1v) is 4.53. The number of halogens is 2. The van der Waals surface area contributed by atoms with Crippen molar-refractivity contribution in [1.29, 1.82) is 0 Å². The molecule has 0 spiro atoms. The van der Waals surface area contributed by atoms with Crippen molar-refractivity contribution in [2.45, 2.75) is 13.3 Å². The molecule has 0 fully saturated rings. The summed E-state index contributed by atoms with van der Waals surface area (Å²) in [5.74, 6) is -1.07. The molecule has 0 N–H and O–H groups in total. The van der Waals surface area contributed by atoms with Gasteiger partial charge in [-0.25, -0.2) is 0 Å². The van der Waals surface area contributed by atoms with Gasteiger partial charge in [-0.1, -0.05) is 6.92 Å². The molecule has 76 valence electrons. The van der Waals surface area contributed by atoms with Crippen molar-refractivity contribution < 1.29 is 14.0 Å². The standard InChI is InChI=1S/C7H6BrFN2O3/c1-2-4-7(9)5(11(13)14)3-6(8)10(4)12/h3H,2H2,1H3. The van der Waals surface area contributed by atoms with E-state index in [-0.39, 0.29) is 16.7 Å². The lowest BCUT2D eigenvalue weighted by Crippen LogP contribution is -2.35. The van der Waals surface area contributed by atoms with Crippen molar-refractivity contribution in [2.75, 3.05) is 0 Å². The minimum Gasteiger partial charge on any atom is -0.618 e. The topological polar surface area (TPSA) is 70.1 Å². The van der Waals surface area contributed by atoms with Crippen LogP contribution in [0.25, 0.3) is 0 Å². The molecule has 1 rings (SSSR count). The van der Waals surface area contributed by atoms with E-state index >= 15 is 0 Å². The molecule has 1 heterocycles. The van der Waals surface area contributed by atoms with E-state index in [0.717, 1.165) is 6.07 Å². The van der Waals surface area contributed by atoms with Crippen LogP contribution in [0.3, 0.4) is 0 Å². The Morgan fingerprint density at radius 3 is 2.71 bits per heavy atom. The molecule has 0 unspecified atom stereocenters. The average Bonchev–Trinajstić information content (AvgIpc) is 2.12. The first-order chi connectivity index (χ1) is 6.49. The first kappa shape index (κ1) is 10.8. The molecule has 0 bridgehead atoms. The molecule has 0 aromatic carbocycles. The Morgan fingerprint density at radius 2 is 2.29 bits per heavy atom. The number of hydrogen-bond acceptors (Lipinski definition) is 3. The summed E-state index contributed by atoms with van der Waals surface area (Å²) in [6, 6.07) is 0.849. The van der Waals surface area contributed by atoms with E-state index in [2.05, 4.69) is 15.9 Å². The number of nitro groups is 1. The molecule has 7 heteroatoms. The van der Waals surface area contributed by atoms with Crippen molar-refractivity contribution >= 4 is 21.6 Å². The third kappa shape index (κ3) is 1.67. The Balaban J connectivity index is 3.50. The predicted octanol–water partition coefficient (Wildman–Crippen LogP) is 1.69. The molecule has 0 saturated heterocycles. The van der Waals surface area contributed by atoms with Crippen LogP contribution >= 0.6 is 15.9 Å². The second kappa shape index (κ2) is 3.87. The lowest BCUT2D eigenvalue weighted by molar-refractivity contribution is -0.628. The predicted molar refractivity (Wildman–Crippen MR) is 49.1 cm³/mol. The van der Waals surface area contributed by atoms with E-state index in [9.17, 15) is 19.7 Å². The summed E-state index contributed by atoms with van der Waals surface area (Å²) >= 11 is 2.82. The fraction of sp³-hybridized carbons (Fsp3) is 0.286. The van der Waals surface area contributed by atoms with Crippen LogP contribution in [0.2, 0.25) is 0 Å². The molecule has 1 aromatic rings. The Bertz CT molecular complexity index is 397. The van der Waals surface area contributed by atoms with Gasteiger partial charge in [-0.2, -0.15) is 9.12 Å². The van der Waals surface area contributed by atoms with Gasteiger partial charge in [0, 0.05) is 22.4 Å². The zero-order valence-corrected chi connectivity index (χ0v) is 8.75. The molecule has 1 aromatic heterocycles. The molecule has 0 amide bonds. The van der Waals surface area contributed by atoms with E-state index in [1.54, 1.807) is 6.92 Å². The minimum atomic E-state index is -1.07. The molecule has 0 radical (unpaired) electrons. The highest BCUT2D eigenvalue weighted by Crippen LogP contribution is 2.21. The summed E-state index contributed by atoms with van der Waals surface area (Å²) in [4.78, 5) is 9.53. The Morgan fingerprint density at radius 1 is 1.71 bits per heavy atom. The zero-order valence-electron chi connectivity index (χ0n) is 7.16. The van der Waals surface area contributed by atoms with Crippen LogP contribution in [-0.4, -0.2) is 4.92 Å². The number of pyridine rings is 1. The van der Waals surface area contributed by atoms with E-state index in [0.29, 0.717) is 4.73 Å². The summed E-state index contributed by atoms with van der Waals surface area (Å²) in [5, 5.41) is 21.6. The summed E-state index contributed by atoms with van der Waals surface area (Å²) in [6.45, 7) is 1.54. The van der Waals surface area contributed by atoms with Gasteiger partial charge in [0.25, 0.3) is 10.4 Å². The van der Waals surface area contributed by atoms with Crippen molar-refractivity contribution in [3.05, 3.63) is 37.5 Å². The number of hydrogen-bond donors (Lipinski definition) is 0. The Hall–Kier alpha value is -1.24. The number of aromatic nitrogens is 1. The average molecular weight is 265 g/mol. The fourth-order valence-electron chi connectivity index (χ4n) is 1.03. The lowest BCUT2D eigenvalue weighted by Gasteiger charge is -2.05. The molecular formula is C7H6BrFN2O3. The summed E-state index contributed by atoms with van der Waals surface area (Å²) in [6.07, 6.45) is 0.0929. The van der Waals surface area contributed by atoms with Crippen molar-refractivity contribution in [3.63, 3.8) is 0 Å². The van der Waals surface area contributed by atoms with E-state index < -0.39 is 16.4 Å². The first-order valence-electron chi connectivity index (χ1n) is 3.73. The van der Waals surface area contributed by atoms with Gasteiger partial charge in [-0.05, 0) is 0 Å². The van der Waals surface area contributed by atoms with Gasteiger partial charge in [0.15, 0.2) is 0 Å². The Kier molecular flexibility index (Phi) is 3.00. The summed E-state index contributed by atoms with van der Waals surface area (Å²) in [7, 11) is 0. The van der Waals surface area contributed by atoms with Gasteiger partial charge >= 0.3 is 5.69 Å². The molecule has 0 aliphatic carbocycles. The second-order valence-electron chi connectivity index (χ2n) is 2.52. The van der Waals surface area contributed by atoms with Crippen molar-refractivity contribution in [3.8, 4) is 0 Å². The lowest BCUT2D eigenvalue weighted by atomic mass is 10.2. The largest absolute Gasteiger partial charge is 0.618 e. The highest BCUT2D eigenvalue weighted by atomic mass is 79.9. The van der Waals surface area contributed by atoms with Crippen LogP contribution in [0, 0.1) is 21.1 Å². The molecule has 0 atom stereocenters. The second-order valence-corrected chi connectivity index (χ2v) is 3.33. The number of rotatable bonds is 2. The monoisotopic (exact) mass is 264 g/mol. The smallest absolute Gasteiger partial charge is 0.318 e. The maximum absolute atomic E-state index is 13.3. The van der Waals surface area contributed by atoms with Gasteiger partial charge in [0.1, 0.15) is 0 Å². The van der Waals surface area contributed by atoms with Crippen LogP contribution in [0.15, 0.2) is 10.7 Å². The Labute approximate surface area is 87.0 Å². The van der Waals surface area contributed by atoms with Gasteiger partial charge < -0.3 is 5.21 Å². The van der Waals surface area contributed by atoms with Gasteiger partial charge in [0.05, 0.1) is 11.0 Å². The molecular weight excluding hydrogens is 259 g/mol. The summed E-state index contributed by atoms with van der Waals surface area (Å²) in [5.41, 5.74) is -0.938. The minimum absolute atomic E-state index is 0.0672. The maximum Gasteiger partial charge on any atom is 0.318 e. The van der Waals surface area contributed by atoms with E-state index in [4.69, 9.17) is 0 Å².